The monoisotopic (exact) mass is 448 g/mol. The Kier molecular flexibility index (Phi) is 6.51. The van der Waals surface area contributed by atoms with Crippen LogP contribution in [0, 0.1) is 0 Å². The van der Waals surface area contributed by atoms with E-state index in [1.165, 1.54) is 0 Å². The summed E-state index contributed by atoms with van der Waals surface area (Å²) in [5.41, 5.74) is 4.67. The molecule has 0 atom stereocenters. The predicted octanol–water partition coefficient (Wildman–Crippen LogP) is 6.49. The van der Waals surface area contributed by atoms with Crippen LogP contribution in [0.4, 0.5) is 0 Å². The van der Waals surface area contributed by atoms with Gasteiger partial charge in [0.25, 0.3) is 5.91 Å². The molecule has 0 aliphatic rings. The third-order valence-electron chi connectivity index (χ3n) is 4.72. The number of fused-ring (bicyclic) bond motifs is 1. The van der Waals surface area contributed by atoms with Crippen molar-refractivity contribution in [3.8, 4) is 5.75 Å². The molecule has 0 saturated carbocycles. The summed E-state index contributed by atoms with van der Waals surface area (Å²) in [4.78, 5) is 12.3. The summed E-state index contributed by atoms with van der Waals surface area (Å²) in [6.45, 7) is 0.272. The fourth-order valence-electron chi connectivity index (χ4n) is 3.04. The molecule has 0 aromatic heterocycles. The number of hydrazone groups is 1. The van der Waals surface area contributed by atoms with Crippen LogP contribution in [0.5, 0.6) is 5.75 Å². The van der Waals surface area contributed by atoms with Crippen LogP contribution in [0.2, 0.25) is 10.0 Å². The van der Waals surface area contributed by atoms with E-state index in [0.717, 1.165) is 21.9 Å². The number of ether oxygens (including phenoxy) is 1. The molecule has 0 aliphatic carbocycles. The lowest BCUT2D eigenvalue weighted by Gasteiger charge is -2.09. The maximum Gasteiger partial charge on any atom is 0.271 e. The van der Waals surface area contributed by atoms with Crippen molar-refractivity contribution in [2.75, 3.05) is 0 Å². The minimum Gasteiger partial charge on any atom is -0.489 e. The number of carbonyl (C=O) groups excluding carboxylic acids is 1. The highest BCUT2D eigenvalue weighted by molar-refractivity contribution is 6.35. The molecule has 4 nitrogen and oxygen atoms in total. The van der Waals surface area contributed by atoms with Crippen molar-refractivity contribution in [3.63, 3.8) is 0 Å². The van der Waals surface area contributed by atoms with Gasteiger partial charge in [0.2, 0.25) is 0 Å². The zero-order valence-corrected chi connectivity index (χ0v) is 17.9. The lowest BCUT2D eigenvalue weighted by molar-refractivity contribution is 0.0955. The van der Waals surface area contributed by atoms with Crippen LogP contribution in [-0.4, -0.2) is 12.1 Å². The first-order valence-corrected chi connectivity index (χ1v) is 10.3. The Labute approximate surface area is 190 Å². The third-order valence-corrected chi connectivity index (χ3v) is 5.42. The van der Waals surface area contributed by atoms with Crippen LogP contribution < -0.4 is 10.2 Å². The largest absolute Gasteiger partial charge is 0.489 e. The van der Waals surface area contributed by atoms with Crippen LogP contribution >= 0.6 is 23.2 Å². The molecule has 154 valence electrons. The summed E-state index contributed by atoms with van der Waals surface area (Å²) in [5.74, 6) is 0.409. The van der Waals surface area contributed by atoms with Crippen LogP contribution in [-0.2, 0) is 6.61 Å². The van der Waals surface area contributed by atoms with Crippen LogP contribution in [0.15, 0.2) is 90.0 Å². The minimum absolute atomic E-state index is 0.265. The Morgan fingerprint density at radius 2 is 1.58 bits per heavy atom. The van der Waals surface area contributed by atoms with Crippen LogP contribution in [0.1, 0.15) is 21.5 Å². The Morgan fingerprint density at radius 1 is 0.871 bits per heavy atom. The lowest BCUT2D eigenvalue weighted by Crippen LogP contribution is -2.17. The molecule has 4 aromatic carbocycles. The zero-order chi connectivity index (χ0) is 21.6. The third kappa shape index (κ3) is 5.23. The number of hydrogen-bond acceptors (Lipinski definition) is 3. The van der Waals surface area contributed by atoms with Crippen molar-refractivity contribution in [2.24, 2.45) is 5.10 Å². The van der Waals surface area contributed by atoms with E-state index >= 15 is 0 Å². The molecule has 6 heteroatoms. The van der Waals surface area contributed by atoms with Gasteiger partial charge in [-0.05, 0) is 64.9 Å². The smallest absolute Gasteiger partial charge is 0.271 e. The molecule has 0 spiro atoms. The average Bonchev–Trinajstić information content (AvgIpc) is 2.79. The number of hydrogen-bond donors (Lipinski definition) is 1. The SMILES string of the molecule is O=C(N/N=C\c1ccc(OCc2c(Cl)cccc2Cl)cc1)c1ccc2ccccc2c1. The molecule has 1 N–H and O–H groups in total. The Morgan fingerprint density at radius 3 is 2.32 bits per heavy atom. The molecular formula is C25H18Cl2N2O2. The van der Waals surface area contributed by atoms with E-state index in [0.29, 0.717) is 21.4 Å². The van der Waals surface area contributed by atoms with Gasteiger partial charge >= 0.3 is 0 Å². The molecule has 0 aliphatic heterocycles. The van der Waals surface area contributed by atoms with Crippen molar-refractivity contribution in [2.45, 2.75) is 6.61 Å². The molecule has 0 fully saturated rings. The first-order chi connectivity index (χ1) is 15.1. The molecule has 4 aromatic rings. The highest BCUT2D eigenvalue weighted by Crippen LogP contribution is 2.26. The van der Waals surface area contributed by atoms with Gasteiger partial charge in [-0.25, -0.2) is 5.43 Å². The van der Waals surface area contributed by atoms with E-state index in [1.807, 2.05) is 60.7 Å². The van der Waals surface area contributed by atoms with Gasteiger partial charge in [-0.3, -0.25) is 4.79 Å². The van der Waals surface area contributed by atoms with Gasteiger partial charge in [0.05, 0.1) is 6.21 Å². The average molecular weight is 449 g/mol. The Bertz CT molecular complexity index is 1230. The van der Waals surface area contributed by atoms with Gasteiger partial charge in [0, 0.05) is 21.2 Å². The Balaban J connectivity index is 1.34. The van der Waals surface area contributed by atoms with E-state index in [2.05, 4.69) is 10.5 Å². The van der Waals surface area contributed by atoms with E-state index < -0.39 is 0 Å². The zero-order valence-electron chi connectivity index (χ0n) is 16.4. The van der Waals surface area contributed by atoms with Crippen LogP contribution in [0.3, 0.4) is 0 Å². The van der Waals surface area contributed by atoms with Gasteiger partial charge in [-0.2, -0.15) is 5.10 Å². The second-order valence-electron chi connectivity index (χ2n) is 6.82. The summed E-state index contributed by atoms with van der Waals surface area (Å²) in [7, 11) is 0. The number of halogens is 2. The number of amides is 1. The number of nitrogens with zero attached hydrogens (tertiary/aromatic N) is 1. The standard InChI is InChI=1S/C25H18Cl2N2O2/c26-23-6-3-7-24(27)22(23)16-31-21-12-8-17(9-13-21)15-28-29-25(30)20-11-10-18-4-1-2-5-19(18)14-20/h1-15H,16H2,(H,29,30)/b28-15-. The first kappa shape index (κ1) is 20.9. The van der Waals surface area contributed by atoms with Gasteiger partial charge in [-0.15, -0.1) is 0 Å². The van der Waals surface area contributed by atoms with Crippen LogP contribution in [0.25, 0.3) is 10.8 Å². The quantitative estimate of drug-likeness (QED) is 0.270. The summed E-state index contributed by atoms with van der Waals surface area (Å²) >= 11 is 12.3. The summed E-state index contributed by atoms with van der Waals surface area (Å²) in [5, 5.41) is 7.27. The summed E-state index contributed by atoms with van der Waals surface area (Å²) < 4.78 is 5.76. The number of carbonyl (C=O) groups is 1. The highest BCUT2D eigenvalue weighted by Gasteiger charge is 2.07. The normalized spacial score (nSPS) is 11.0. The number of rotatable bonds is 6. The van der Waals surface area contributed by atoms with Crippen molar-refractivity contribution < 1.29 is 9.53 Å². The molecule has 0 unspecified atom stereocenters. The lowest BCUT2D eigenvalue weighted by atomic mass is 10.1. The molecule has 4 rings (SSSR count). The number of nitrogens with one attached hydrogen (secondary N) is 1. The van der Waals surface area contributed by atoms with Gasteiger partial charge in [-0.1, -0.05) is 59.6 Å². The molecule has 31 heavy (non-hydrogen) atoms. The fourth-order valence-corrected chi connectivity index (χ4v) is 3.54. The molecule has 1 amide bonds. The van der Waals surface area contributed by atoms with Gasteiger partial charge in [0.15, 0.2) is 0 Å². The van der Waals surface area contributed by atoms with E-state index in [1.54, 1.807) is 30.5 Å². The van der Waals surface area contributed by atoms with Crippen molar-refractivity contribution in [1.82, 2.24) is 5.43 Å². The molecular weight excluding hydrogens is 431 g/mol. The fraction of sp³-hybridized carbons (Fsp3) is 0.0400. The maximum atomic E-state index is 12.3. The summed E-state index contributed by atoms with van der Waals surface area (Å²) in [6, 6.07) is 26.1. The second kappa shape index (κ2) is 9.65. The van der Waals surface area contributed by atoms with E-state index in [4.69, 9.17) is 27.9 Å². The van der Waals surface area contributed by atoms with E-state index in [-0.39, 0.29) is 12.5 Å². The molecule has 0 bridgehead atoms. The van der Waals surface area contributed by atoms with E-state index in [9.17, 15) is 4.79 Å². The summed E-state index contributed by atoms with van der Waals surface area (Å²) in [6.07, 6.45) is 1.58. The predicted molar refractivity (Wildman–Crippen MR) is 126 cm³/mol. The van der Waals surface area contributed by atoms with Gasteiger partial charge in [0.1, 0.15) is 12.4 Å². The second-order valence-corrected chi connectivity index (χ2v) is 7.63. The highest BCUT2D eigenvalue weighted by atomic mass is 35.5. The molecule has 0 heterocycles. The topological polar surface area (TPSA) is 50.7 Å². The first-order valence-electron chi connectivity index (χ1n) is 9.58. The molecule has 0 saturated heterocycles. The van der Waals surface area contributed by atoms with Crippen molar-refractivity contribution in [1.29, 1.82) is 0 Å². The number of benzene rings is 4. The van der Waals surface area contributed by atoms with Gasteiger partial charge < -0.3 is 4.74 Å². The minimum atomic E-state index is -0.265. The Hall–Kier alpha value is -3.34. The van der Waals surface area contributed by atoms with Crippen molar-refractivity contribution >= 4 is 46.1 Å². The maximum absolute atomic E-state index is 12.3. The van der Waals surface area contributed by atoms with Crippen molar-refractivity contribution in [3.05, 3.63) is 112 Å². The molecule has 0 radical (unpaired) electrons.